The molecule has 2 rings (SSSR count). The molecule has 1 unspecified atom stereocenters. The summed E-state index contributed by atoms with van der Waals surface area (Å²) in [7, 11) is 1.64. The van der Waals surface area contributed by atoms with Crippen molar-refractivity contribution in [2.75, 3.05) is 7.11 Å². The molecular formula is C13H15ClN2O2. The lowest BCUT2D eigenvalue weighted by Gasteiger charge is -2.13. The van der Waals surface area contributed by atoms with Crippen LogP contribution < -0.4 is 16.0 Å². The second-order valence-corrected chi connectivity index (χ2v) is 4.29. The number of nitrogens with one attached hydrogen (secondary N) is 1. The third-order valence-electron chi connectivity index (χ3n) is 2.71. The summed E-state index contributed by atoms with van der Waals surface area (Å²) in [5.74, 6) is 7.08. The van der Waals surface area contributed by atoms with Crippen molar-refractivity contribution in [3.63, 3.8) is 0 Å². The molecule has 0 spiro atoms. The van der Waals surface area contributed by atoms with E-state index in [1.54, 1.807) is 13.2 Å². The Morgan fingerprint density at radius 3 is 2.83 bits per heavy atom. The van der Waals surface area contributed by atoms with Crippen molar-refractivity contribution < 1.29 is 9.15 Å². The van der Waals surface area contributed by atoms with Gasteiger partial charge in [-0.2, -0.15) is 0 Å². The van der Waals surface area contributed by atoms with Crippen LogP contribution in [0.25, 0.3) is 0 Å². The van der Waals surface area contributed by atoms with Crippen molar-refractivity contribution in [2.45, 2.75) is 12.5 Å². The number of rotatable bonds is 5. The summed E-state index contributed by atoms with van der Waals surface area (Å²) in [6, 6.07) is 11.2. The summed E-state index contributed by atoms with van der Waals surface area (Å²) >= 11 is 5.76. The first-order chi connectivity index (χ1) is 8.72. The van der Waals surface area contributed by atoms with Gasteiger partial charge in [0.2, 0.25) is 0 Å². The largest absolute Gasteiger partial charge is 0.497 e. The normalized spacial score (nSPS) is 12.4. The van der Waals surface area contributed by atoms with E-state index in [0.29, 0.717) is 17.4 Å². The number of hydrogen-bond donors (Lipinski definition) is 2. The van der Waals surface area contributed by atoms with Crippen LogP contribution >= 0.6 is 11.6 Å². The zero-order chi connectivity index (χ0) is 13.0. The molecule has 0 fully saturated rings. The lowest BCUT2D eigenvalue weighted by molar-refractivity contribution is 0.408. The van der Waals surface area contributed by atoms with Gasteiger partial charge in [0.1, 0.15) is 11.5 Å². The molecule has 1 heterocycles. The third-order valence-corrected chi connectivity index (χ3v) is 2.92. The topological polar surface area (TPSA) is 60.4 Å². The maximum absolute atomic E-state index is 5.76. The molecule has 1 aromatic carbocycles. The molecule has 0 bridgehead atoms. The molecule has 0 amide bonds. The van der Waals surface area contributed by atoms with Crippen molar-refractivity contribution in [3.05, 3.63) is 52.9 Å². The van der Waals surface area contributed by atoms with Gasteiger partial charge in [-0.15, -0.1) is 0 Å². The number of nitrogens with two attached hydrogens (primary N) is 1. The van der Waals surface area contributed by atoms with E-state index in [9.17, 15) is 0 Å². The maximum Gasteiger partial charge on any atom is 0.193 e. The van der Waals surface area contributed by atoms with E-state index >= 15 is 0 Å². The van der Waals surface area contributed by atoms with Gasteiger partial charge in [-0.1, -0.05) is 12.1 Å². The van der Waals surface area contributed by atoms with Crippen LogP contribution in [-0.2, 0) is 6.42 Å². The fourth-order valence-corrected chi connectivity index (χ4v) is 1.94. The second kappa shape index (κ2) is 5.91. The minimum atomic E-state index is -0.121. The molecule has 1 atom stereocenters. The first-order valence-corrected chi connectivity index (χ1v) is 5.95. The maximum atomic E-state index is 5.76. The molecule has 1 aromatic heterocycles. The minimum absolute atomic E-state index is 0.121. The van der Waals surface area contributed by atoms with Gasteiger partial charge < -0.3 is 9.15 Å². The first-order valence-electron chi connectivity index (χ1n) is 5.57. The predicted molar refractivity (Wildman–Crippen MR) is 70.5 cm³/mol. The minimum Gasteiger partial charge on any atom is -0.497 e. The van der Waals surface area contributed by atoms with Crippen LogP contribution in [0.4, 0.5) is 0 Å². The summed E-state index contributed by atoms with van der Waals surface area (Å²) < 4.78 is 10.5. The molecule has 0 aliphatic rings. The second-order valence-electron chi connectivity index (χ2n) is 3.92. The molecule has 3 N–H and O–H groups in total. The SMILES string of the molecule is COc1cccc(CC(NN)c2ccc(Cl)o2)c1. The lowest BCUT2D eigenvalue weighted by atomic mass is 10.0. The third kappa shape index (κ3) is 3.04. The molecule has 18 heavy (non-hydrogen) atoms. The van der Waals surface area contributed by atoms with Crippen molar-refractivity contribution in [3.8, 4) is 5.75 Å². The Balaban J connectivity index is 2.14. The van der Waals surface area contributed by atoms with Crippen LogP contribution in [0.1, 0.15) is 17.4 Å². The van der Waals surface area contributed by atoms with E-state index in [1.807, 2.05) is 30.3 Å². The van der Waals surface area contributed by atoms with E-state index in [2.05, 4.69) is 5.43 Å². The Morgan fingerprint density at radius 2 is 2.22 bits per heavy atom. The van der Waals surface area contributed by atoms with Crippen molar-refractivity contribution in [1.82, 2.24) is 5.43 Å². The fraction of sp³-hybridized carbons (Fsp3) is 0.231. The van der Waals surface area contributed by atoms with Crippen LogP contribution in [-0.4, -0.2) is 7.11 Å². The molecule has 0 aliphatic heterocycles. The highest BCUT2D eigenvalue weighted by Gasteiger charge is 2.14. The van der Waals surface area contributed by atoms with Gasteiger partial charge in [0.25, 0.3) is 0 Å². The Labute approximate surface area is 111 Å². The fourth-order valence-electron chi connectivity index (χ4n) is 1.79. The van der Waals surface area contributed by atoms with Gasteiger partial charge in [-0.25, -0.2) is 5.43 Å². The number of hydrazine groups is 1. The van der Waals surface area contributed by atoms with Gasteiger partial charge >= 0.3 is 0 Å². The standard InChI is InChI=1S/C13H15ClN2O2/c1-17-10-4-2-3-9(7-10)8-11(16-15)12-5-6-13(14)18-12/h2-7,11,16H,8,15H2,1H3. The predicted octanol–water partition coefficient (Wildman–Crippen LogP) is 2.69. The van der Waals surface area contributed by atoms with E-state index in [1.165, 1.54) is 0 Å². The summed E-state index contributed by atoms with van der Waals surface area (Å²) in [5.41, 5.74) is 3.83. The zero-order valence-corrected chi connectivity index (χ0v) is 10.8. The van der Waals surface area contributed by atoms with Gasteiger partial charge in [-0.3, -0.25) is 5.84 Å². The number of hydrogen-bond acceptors (Lipinski definition) is 4. The Bertz CT molecular complexity index is 513. The zero-order valence-electron chi connectivity index (χ0n) is 10.0. The van der Waals surface area contributed by atoms with E-state index in [0.717, 1.165) is 11.3 Å². The number of furan rings is 1. The summed E-state index contributed by atoms with van der Waals surface area (Å²) in [6.07, 6.45) is 0.692. The van der Waals surface area contributed by atoms with Gasteiger partial charge in [0, 0.05) is 0 Å². The molecule has 2 aromatic rings. The average Bonchev–Trinajstić information content (AvgIpc) is 2.82. The van der Waals surface area contributed by atoms with Crippen molar-refractivity contribution in [1.29, 1.82) is 0 Å². The van der Waals surface area contributed by atoms with Crippen molar-refractivity contribution in [2.24, 2.45) is 5.84 Å². The van der Waals surface area contributed by atoms with Crippen molar-refractivity contribution >= 4 is 11.6 Å². The van der Waals surface area contributed by atoms with Crippen LogP contribution in [0, 0.1) is 0 Å². The number of halogens is 1. The Hall–Kier alpha value is -1.49. The van der Waals surface area contributed by atoms with E-state index < -0.39 is 0 Å². The molecule has 0 radical (unpaired) electrons. The monoisotopic (exact) mass is 266 g/mol. The number of methoxy groups -OCH3 is 1. The smallest absolute Gasteiger partial charge is 0.193 e. The summed E-state index contributed by atoms with van der Waals surface area (Å²) in [4.78, 5) is 0. The highest BCUT2D eigenvalue weighted by atomic mass is 35.5. The highest BCUT2D eigenvalue weighted by molar-refractivity contribution is 6.28. The van der Waals surface area contributed by atoms with Gasteiger partial charge in [0.15, 0.2) is 5.22 Å². The molecule has 4 nitrogen and oxygen atoms in total. The quantitative estimate of drug-likeness (QED) is 0.645. The Morgan fingerprint density at radius 1 is 1.39 bits per heavy atom. The van der Waals surface area contributed by atoms with Crippen LogP contribution in [0.3, 0.4) is 0 Å². The number of benzene rings is 1. The van der Waals surface area contributed by atoms with Gasteiger partial charge in [0.05, 0.1) is 13.2 Å². The molecule has 0 aliphatic carbocycles. The molecular weight excluding hydrogens is 252 g/mol. The van der Waals surface area contributed by atoms with Crippen LogP contribution in [0.2, 0.25) is 5.22 Å². The average molecular weight is 267 g/mol. The Kier molecular flexibility index (Phi) is 4.25. The highest BCUT2D eigenvalue weighted by Crippen LogP contribution is 2.24. The lowest BCUT2D eigenvalue weighted by Crippen LogP contribution is -2.29. The molecule has 0 saturated heterocycles. The molecule has 0 saturated carbocycles. The summed E-state index contributed by atoms with van der Waals surface area (Å²) in [6.45, 7) is 0. The summed E-state index contributed by atoms with van der Waals surface area (Å²) in [5, 5.41) is 0.357. The van der Waals surface area contributed by atoms with Crippen LogP contribution in [0.5, 0.6) is 5.75 Å². The van der Waals surface area contributed by atoms with Gasteiger partial charge in [-0.05, 0) is 47.9 Å². The number of ether oxygens (including phenoxy) is 1. The van der Waals surface area contributed by atoms with E-state index in [-0.39, 0.29) is 6.04 Å². The van der Waals surface area contributed by atoms with Crippen LogP contribution in [0.15, 0.2) is 40.8 Å². The first kappa shape index (κ1) is 13.0. The molecule has 5 heteroatoms. The molecule has 96 valence electrons. The van der Waals surface area contributed by atoms with E-state index in [4.69, 9.17) is 26.6 Å².